The molecule has 3 rings (SSSR count). The van der Waals surface area contributed by atoms with E-state index in [9.17, 15) is 9.59 Å². The molecule has 25 heavy (non-hydrogen) atoms. The van der Waals surface area contributed by atoms with E-state index in [0.29, 0.717) is 44.8 Å². The van der Waals surface area contributed by atoms with E-state index in [1.165, 1.54) is 7.11 Å². The number of hydrogen-bond donors (Lipinski definition) is 1. The van der Waals surface area contributed by atoms with Crippen LogP contribution in [0.4, 0.5) is 5.69 Å². The number of nitrogens with zero attached hydrogens (tertiary/aromatic N) is 1. The molecular formula is C18H24N2O5. The molecule has 2 aliphatic heterocycles. The topological polar surface area (TPSA) is 77.1 Å². The Morgan fingerprint density at radius 3 is 2.40 bits per heavy atom. The molecule has 1 aromatic carbocycles. The molecule has 2 heterocycles. The lowest BCUT2D eigenvalue weighted by molar-refractivity contribution is -0.187. The average molecular weight is 348 g/mol. The van der Waals surface area contributed by atoms with Gasteiger partial charge < -0.3 is 24.4 Å². The monoisotopic (exact) mass is 348 g/mol. The summed E-state index contributed by atoms with van der Waals surface area (Å²) in [5, 5.41) is 3.20. The fraction of sp³-hybridized carbons (Fsp3) is 0.556. The molecule has 0 saturated carbocycles. The first-order valence-corrected chi connectivity index (χ1v) is 8.60. The summed E-state index contributed by atoms with van der Waals surface area (Å²) >= 11 is 0. The molecule has 2 saturated heterocycles. The van der Waals surface area contributed by atoms with E-state index in [0.717, 1.165) is 18.5 Å². The van der Waals surface area contributed by atoms with Gasteiger partial charge in [-0.05, 0) is 24.3 Å². The van der Waals surface area contributed by atoms with Gasteiger partial charge in [0.1, 0.15) is 0 Å². The Labute approximate surface area is 147 Å². The van der Waals surface area contributed by atoms with Crippen molar-refractivity contribution in [2.75, 3.05) is 45.3 Å². The van der Waals surface area contributed by atoms with E-state index in [1.807, 2.05) is 4.90 Å². The summed E-state index contributed by atoms with van der Waals surface area (Å²) in [4.78, 5) is 25.6. The van der Waals surface area contributed by atoms with Crippen LogP contribution in [0.5, 0.6) is 0 Å². The number of amides is 1. The predicted octanol–water partition coefficient (Wildman–Crippen LogP) is 1.64. The number of ether oxygens (including phenoxy) is 3. The molecule has 1 N–H and O–H groups in total. The first-order valence-electron chi connectivity index (χ1n) is 8.60. The summed E-state index contributed by atoms with van der Waals surface area (Å²) in [6.07, 6.45) is 1.90. The van der Waals surface area contributed by atoms with E-state index >= 15 is 0 Å². The van der Waals surface area contributed by atoms with Crippen LogP contribution in [0.3, 0.4) is 0 Å². The summed E-state index contributed by atoms with van der Waals surface area (Å²) in [6, 6.07) is 7.00. The molecule has 1 spiro atoms. The fourth-order valence-electron chi connectivity index (χ4n) is 3.20. The van der Waals surface area contributed by atoms with Crippen molar-refractivity contribution in [3.05, 3.63) is 29.8 Å². The van der Waals surface area contributed by atoms with Gasteiger partial charge in [-0.1, -0.05) is 0 Å². The number of benzene rings is 1. The molecule has 1 amide bonds. The number of nitrogens with one attached hydrogen (secondary N) is 1. The van der Waals surface area contributed by atoms with E-state index < -0.39 is 5.79 Å². The van der Waals surface area contributed by atoms with Gasteiger partial charge in [-0.2, -0.15) is 0 Å². The van der Waals surface area contributed by atoms with E-state index in [-0.39, 0.29) is 11.9 Å². The lowest BCUT2D eigenvalue weighted by Gasteiger charge is -2.37. The summed E-state index contributed by atoms with van der Waals surface area (Å²) in [5.41, 5.74) is 1.37. The summed E-state index contributed by atoms with van der Waals surface area (Å²) in [5.74, 6) is -0.678. The second-order valence-corrected chi connectivity index (χ2v) is 6.23. The summed E-state index contributed by atoms with van der Waals surface area (Å²) in [6.45, 7) is 3.18. The zero-order valence-corrected chi connectivity index (χ0v) is 14.5. The highest BCUT2D eigenvalue weighted by molar-refractivity contribution is 5.89. The Balaban J connectivity index is 1.40. The molecule has 0 aliphatic carbocycles. The molecule has 0 radical (unpaired) electrons. The van der Waals surface area contributed by atoms with Crippen molar-refractivity contribution in [3.63, 3.8) is 0 Å². The second kappa shape index (κ2) is 7.84. The van der Waals surface area contributed by atoms with Crippen molar-refractivity contribution in [2.24, 2.45) is 0 Å². The van der Waals surface area contributed by atoms with Crippen LogP contribution in [0.2, 0.25) is 0 Å². The zero-order chi connectivity index (χ0) is 17.7. The number of rotatable bonds is 5. The molecule has 0 bridgehead atoms. The highest BCUT2D eigenvalue weighted by Gasteiger charge is 2.40. The Kier molecular flexibility index (Phi) is 5.55. The molecule has 1 aromatic rings. The number of carbonyl (C=O) groups is 2. The number of anilines is 1. The van der Waals surface area contributed by atoms with Gasteiger partial charge in [-0.25, -0.2) is 4.79 Å². The largest absolute Gasteiger partial charge is 0.465 e. The smallest absolute Gasteiger partial charge is 0.337 e. The quantitative estimate of drug-likeness (QED) is 0.815. The minimum absolute atomic E-state index is 0.131. The number of piperidine rings is 1. The number of likely N-dealkylation sites (tertiary alicyclic amines) is 1. The van der Waals surface area contributed by atoms with Gasteiger partial charge in [0, 0.05) is 44.6 Å². The molecular weight excluding hydrogens is 324 g/mol. The van der Waals surface area contributed by atoms with Gasteiger partial charge >= 0.3 is 5.97 Å². The molecule has 0 atom stereocenters. The lowest BCUT2D eigenvalue weighted by Crippen LogP contribution is -2.47. The third-order valence-electron chi connectivity index (χ3n) is 4.67. The van der Waals surface area contributed by atoms with Crippen LogP contribution in [-0.2, 0) is 19.0 Å². The van der Waals surface area contributed by atoms with Gasteiger partial charge in [-0.3, -0.25) is 4.79 Å². The molecule has 2 aliphatic rings. The zero-order valence-electron chi connectivity index (χ0n) is 14.5. The molecule has 2 fully saturated rings. The first-order chi connectivity index (χ1) is 12.1. The van der Waals surface area contributed by atoms with E-state index in [4.69, 9.17) is 9.47 Å². The highest BCUT2D eigenvalue weighted by atomic mass is 16.7. The SMILES string of the molecule is COC(=O)c1ccc(NCCC(=O)N2CCC3(CC2)OCCO3)cc1. The van der Waals surface area contributed by atoms with Crippen LogP contribution >= 0.6 is 0 Å². The summed E-state index contributed by atoms with van der Waals surface area (Å²) < 4.78 is 16.0. The van der Waals surface area contributed by atoms with Gasteiger partial charge in [0.15, 0.2) is 5.79 Å². The van der Waals surface area contributed by atoms with Gasteiger partial charge in [0.25, 0.3) is 0 Å². The molecule has 7 nitrogen and oxygen atoms in total. The van der Waals surface area contributed by atoms with Crippen molar-refractivity contribution < 1.29 is 23.8 Å². The lowest BCUT2D eigenvalue weighted by atomic mass is 10.0. The molecule has 7 heteroatoms. The van der Waals surface area contributed by atoms with E-state index in [2.05, 4.69) is 10.1 Å². The van der Waals surface area contributed by atoms with E-state index in [1.54, 1.807) is 24.3 Å². The number of esters is 1. The number of hydrogen-bond acceptors (Lipinski definition) is 6. The van der Waals surface area contributed by atoms with Crippen LogP contribution < -0.4 is 5.32 Å². The minimum atomic E-state index is -0.448. The Hall–Kier alpha value is -2.12. The Morgan fingerprint density at radius 2 is 1.80 bits per heavy atom. The maximum Gasteiger partial charge on any atom is 0.337 e. The highest BCUT2D eigenvalue weighted by Crippen LogP contribution is 2.31. The van der Waals surface area contributed by atoms with Crippen molar-refractivity contribution in [3.8, 4) is 0 Å². The van der Waals surface area contributed by atoms with Crippen molar-refractivity contribution in [2.45, 2.75) is 25.0 Å². The maximum atomic E-state index is 12.3. The van der Waals surface area contributed by atoms with Crippen molar-refractivity contribution in [1.29, 1.82) is 0 Å². The second-order valence-electron chi connectivity index (χ2n) is 6.23. The predicted molar refractivity (Wildman–Crippen MR) is 91.3 cm³/mol. The van der Waals surface area contributed by atoms with Gasteiger partial charge in [0.05, 0.1) is 25.9 Å². The molecule has 0 aromatic heterocycles. The van der Waals surface area contributed by atoms with Crippen molar-refractivity contribution in [1.82, 2.24) is 4.90 Å². The van der Waals surface area contributed by atoms with Crippen LogP contribution in [0.1, 0.15) is 29.6 Å². The molecule has 0 unspecified atom stereocenters. The van der Waals surface area contributed by atoms with Gasteiger partial charge in [-0.15, -0.1) is 0 Å². The third-order valence-corrected chi connectivity index (χ3v) is 4.67. The third kappa shape index (κ3) is 4.29. The normalized spacial score (nSPS) is 19.0. The van der Waals surface area contributed by atoms with Crippen LogP contribution in [0.15, 0.2) is 24.3 Å². The maximum absolute atomic E-state index is 12.3. The van der Waals surface area contributed by atoms with Crippen LogP contribution in [0, 0.1) is 0 Å². The van der Waals surface area contributed by atoms with Gasteiger partial charge in [0.2, 0.25) is 5.91 Å². The van der Waals surface area contributed by atoms with Crippen LogP contribution in [-0.4, -0.2) is 62.5 Å². The first kappa shape index (κ1) is 17.7. The fourth-order valence-corrected chi connectivity index (χ4v) is 3.20. The van der Waals surface area contributed by atoms with Crippen LogP contribution in [0.25, 0.3) is 0 Å². The number of carbonyl (C=O) groups excluding carboxylic acids is 2. The Bertz CT molecular complexity index is 600. The summed E-state index contributed by atoms with van der Waals surface area (Å²) in [7, 11) is 1.35. The minimum Gasteiger partial charge on any atom is -0.465 e. The number of methoxy groups -OCH3 is 1. The molecule has 136 valence electrons. The Morgan fingerprint density at radius 1 is 1.16 bits per heavy atom. The average Bonchev–Trinajstić information content (AvgIpc) is 3.10. The van der Waals surface area contributed by atoms with Crippen molar-refractivity contribution >= 4 is 17.6 Å². The standard InChI is InChI=1S/C18H24N2O5/c1-23-17(22)14-2-4-15(5-3-14)19-9-6-16(21)20-10-7-18(8-11-20)24-12-13-25-18/h2-5,19H,6-13H2,1H3.